The third-order valence-electron chi connectivity index (χ3n) is 2.11. The van der Waals surface area contributed by atoms with E-state index in [9.17, 15) is 9.59 Å². The van der Waals surface area contributed by atoms with E-state index in [-0.39, 0.29) is 12.5 Å². The molecule has 0 aliphatic rings. The van der Waals surface area contributed by atoms with Crippen LogP contribution in [0.2, 0.25) is 0 Å². The Morgan fingerprint density at radius 2 is 2.24 bits per heavy atom. The third kappa shape index (κ3) is 5.30. The van der Waals surface area contributed by atoms with Crippen LogP contribution < -0.4 is 10.6 Å². The monoisotopic (exact) mass is 257 g/mol. The first kappa shape index (κ1) is 13.4. The largest absolute Gasteiger partial charge is 0.481 e. The van der Waals surface area contributed by atoms with Gasteiger partial charge in [0.2, 0.25) is 0 Å². The second-order valence-corrected chi connectivity index (χ2v) is 4.41. The van der Waals surface area contributed by atoms with Crippen molar-refractivity contribution in [3.63, 3.8) is 0 Å². The van der Waals surface area contributed by atoms with Crippen molar-refractivity contribution in [1.29, 1.82) is 0 Å². The third-order valence-corrected chi connectivity index (χ3v) is 3.04. The molecule has 0 radical (unpaired) electrons. The van der Waals surface area contributed by atoms with Gasteiger partial charge in [0, 0.05) is 17.8 Å². The molecule has 6 nitrogen and oxygen atoms in total. The van der Waals surface area contributed by atoms with E-state index in [4.69, 9.17) is 5.11 Å². The number of carboxylic acids is 1. The van der Waals surface area contributed by atoms with Crippen molar-refractivity contribution in [1.82, 2.24) is 15.6 Å². The lowest BCUT2D eigenvalue weighted by Gasteiger charge is -2.06. The first-order valence-corrected chi connectivity index (χ1v) is 6.10. The van der Waals surface area contributed by atoms with Crippen LogP contribution in [-0.2, 0) is 11.3 Å². The molecule has 0 bridgehead atoms. The van der Waals surface area contributed by atoms with Crippen LogP contribution in [0.1, 0.15) is 23.4 Å². The van der Waals surface area contributed by atoms with Crippen LogP contribution in [0.3, 0.4) is 0 Å². The van der Waals surface area contributed by atoms with Gasteiger partial charge >= 0.3 is 12.0 Å². The fraction of sp³-hybridized carbons (Fsp3) is 0.500. The molecule has 2 amide bonds. The van der Waals surface area contributed by atoms with Gasteiger partial charge in [-0.25, -0.2) is 9.78 Å². The predicted octanol–water partition coefficient (Wildman–Crippen LogP) is 1.12. The summed E-state index contributed by atoms with van der Waals surface area (Å²) in [6.45, 7) is 2.69. The van der Waals surface area contributed by atoms with E-state index < -0.39 is 5.97 Å². The molecule has 0 spiro atoms. The van der Waals surface area contributed by atoms with E-state index in [1.165, 1.54) is 11.3 Å². The summed E-state index contributed by atoms with van der Waals surface area (Å²) in [7, 11) is 0. The normalized spacial score (nSPS) is 9.94. The van der Waals surface area contributed by atoms with Gasteiger partial charge in [-0.1, -0.05) is 0 Å². The van der Waals surface area contributed by atoms with Gasteiger partial charge in [-0.2, -0.15) is 0 Å². The lowest BCUT2D eigenvalue weighted by molar-refractivity contribution is -0.137. The number of thiazole rings is 1. The average molecular weight is 257 g/mol. The Hall–Kier alpha value is -1.63. The van der Waals surface area contributed by atoms with Crippen LogP contribution >= 0.6 is 11.3 Å². The van der Waals surface area contributed by atoms with Gasteiger partial charge in [0.25, 0.3) is 0 Å². The number of carbonyl (C=O) groups is 2. The average Bonchev–Trinajstić information content (AvgIpc) is 2.67. The zero-order chi connectivity index (χ0) is 12.7. The molecule has 0 aromatic carbocycles. The molecule has 0 aliphatic heterocycles. The standard InChI is InChI=1S/C10H15N3O3S/c1-7-8(17-6-13-7)5-12-10(16)11-4-2-3-9(14)15/h6H,2-5H2,1H3,(H,14,15)(H2,11,12,16). The summed E-state index contributed by atoms with van der Waals surface area (Å²) in [5.74, 6) is -0.854. The molecule has 94 valence electrons. The Bertz CT molecular complexity index is 392. The summed E-state index contributed by atoms with van der Waals surface area (Å²) in [4.78, 5) is 26.6. The van der Waals surface area contributed by atoms with Crippen molar-refractivity contribution >= 4 is 23.3 Å². The minimum Gasteiger partial charge on any atom is -0.481 e. The zero-order valence-electron chi connectivity index (χ0n) is 9.52. The quantitative estimate of drug-likeness (QED) is 0.666. The summed E-state index contributed by atoms with van der Waals surface area (Å²) in [5, 5.41) is 13.7. The number of hydrogen-bond acceptors (Lipinski definition) is 4. The molecular weight excluding hydrogens is 242 g/mol. The molecule has 0 aliphatic carbocycles. The van der Waals surface area contributed by atoms with E-state index in [0.717, 1.165) is 10.6 Å². The van der Waals surface area contributed by atoms with E-state index in [2.05, 4.69) is 15.6 Å². The molecule has 0 fully saturated rings. The number of rotatable bonds is 6. The van der Waals surface area contributed by atoms with E-state index in [1.807, 2.05) is 6.92 Å². The van der Waals surface area contributed by atoms with Crippen LogP contribution in [0, 0.1) is 6.92 Å². The van der Waals surface area contributed by atoms with Crippen molar-refractivity contribution in [2.45, 2.75) is 26.3 Å². The SMILES string of the molecule is Cc1ncsc1CNC(=O)NCCCC(=O)O. The predicted molar refractivity (Wildman–Crippen MR) is 64.0 cm³/mol. The first-order valence-electron chi connectivity index (χ1n) is 5.22. The number of urea groups is 1. The van der Waals surface area contributed by atoms with Crippen LogP contribution in [0.25, 0.3) is 0 Å². The number of hydrogen-bond donors (Lipinski definition) is 3. The van der Waals surface area contributed by atoms with Crippen molar-refractivity contribution in [3.05, 3.63) is 16.1 Å². The lowest BCUT2D eigenvalue weighted by atomic mass is 10.3. The molecule has 1 aromatic rings. The Balaban J connectivity index is 2.13. The second kappa shape index (κ2) is 6.85. The molecule has 0 saturated heterocycles. The number of carbonyl (C=O) groups excluding carboxylic acids is 1. The molecule has 0 unspecified atom stereocenters. The molecular formula is C10H15N3O3S. The van der Waals surface area contributed by atoms with Gasteiger partial charge in [-0.3, -0.25) is 4.79 Å². The topological polar surface area (TPSA) is 91.3 Å². The second-order valence-electron chi connectivity index (χ2n) is 3.47. The molecule has 0 saturated carbocycles. The Morgan fingerprint density at radius 1 is 1.47 bits per heavy atom. The van der Waals surface area contributed by atoms with Gasteiger partial charge in [0.15, 0.2) is 0 Å². The number of aryl methyl sites for hydroxylation is 1. The molecule has 1 aromatic heterocycles. The van der Waals surface area contributed by atoms with E-state index >= 15 is 0 Å². The van der Waals surface area contributed by atoms with Crippen LogP contribution in [-0.4, -0.2) is 28.6 Å². The maximum Gasteiger partial charge on any atom is 0.315 e. The Labute approximate surface area is 103 Å². The first-order chi connectivity index (χ1) is 8.09. The number of carboxylic acid groups (broad SMARTS) is 1. The smallest absolute Gasteiger partial charge is 0.315 e. The Morgan fingerprint density at radius 3 is 2.82 bits per heavy atom. The molecule has 1 heterocycles. The van der Waals surface area contributed by atoms with Gasteiger partial charge in [0.1, 0.15) is 0 Å². The number of nitrogens with zero attached hydrogens (tertiary/aromatic N) is 1. The van der Waals surface area contributed by atoms with Crippen LogP contribution in [0.15, 0.2) is 5.51 Å². The minimum atomic E-state index is -0.854. The number of amides is 2. The zero-order valence-corrected chi connectivity index (χ0v) is 10.3. The fourth-order valence-corrected chi connectivity index (χ4v) is 1.88. The highest BCUT2D eigenvalue weighted by atomic mass is 32.1. The minimum absolute atomic E-state index is 0.0637. The fourth-order valence-electron chi connectivity index (χ4n) is 1.16. The summed E-state index contributed by atoms with van der Waals surface area (Å²) >= 11 is 1.49. The van der Waals surface area contributed by atoms with Gasteiger partial charge in [0.05, 0.1) is 17.7 Å². The van der Waals surface area contributed by atoms with E-state index in [0.29, 0.717) is 19.5 Å². The maximum atomic E-state index is 11.3. The summed E-state index contributed by atoms with van der Waals surface area (Å²) < 4.78 is 0. The summed E-state index contributed by atoms with van der Waals surface area (Å²) in [6, 6.07) is -0.289. The highest BCUT2D eigenvalue weighted by Crippen LogP contribution is 2.10. The van der Waals surface area contributed by atoms with Gasteiger partial charge in [-0.05, 0) is 13.3 Å². The van der Waals surface area contributed by atoms with Crippen LogP contribution in [0.4, 0.5) is 4.79 Å². The summed E-state index contributed by atoms with van der Waals surface area (Å²) in [6.07, 6.45) is 0.497. The lowest BCUT2D eigenvalue weighted by Crippen LogP contribution is -2.35. The number of aromatic nitrogens is 1. The van der Waals surface area contributed by atoms with Gasteiger partial charge in [-0.15, -0.1) is 11.3 Å². The molecule has 3 N–H and O–H groups in total. The van der Waals surface area contributed by atoms with Crippen molar-refractivity contribution in [2.75, 3.05) is 6.54 Å². The maximum absolute atomic E-state index is 11.3. The molecule has 1 rings (SSSR count). The highest BCUT2D eigenvalue weighted by Gasteiger charge is 2.04. The Kier molecular flexibility index (Phi) is 5.41. The summed E-state index contributed by atoms with van der Waals surface area (Å²) in [5.41, 5.74) is 2.65. The van der Waals surface area contributed by atoms with Crippen molar-refractivity contribution in [3.8, 4) is 0 Å². The molecule has 0 atom stereocenters. The van der Waals surface area contributed by atoms with Gasteiger partial charge < -0.3 is 15.7 Å². The van der Waals surface area contributed by atoms with Crippen molar-refractivity contribution < 1.29 is 14.7 Å². The number of aliphatic carboxylic acids is 1. The van der Waals surface area contributed by atoms with Crippen molar-refractivity contribution in [2.24, 2.45) is 0 Å². The molecule has 7 heteroatoms. The van der Waals surface area contributed by atoms with E-state index in [1.54, 1.807) is 5.51 Å². The molecule has 17 heavy (non-hydrogen) atoms. The highest BCUT2D eigenvalue weighted by molar-refractivity contribution is 7.09. The van der Waals surface area contributed by atoms with Crippen LogP contribution in [0.5, 0.6) is 0 Å². The number of nitrogens with one attached hydrogen (secondary N) is 2.